The van der Waals surface area contributed by atoms with E-state index in [1.807, 2.05) is 0 Å². The molecular formula is C14H11NO6S. The van der Waals surface area contributed by atoms with Crippen LogP contribution in [0.4, 0.5) is 0 Å². The van der Waals surface area contributed by atoms with Crippen LogP contribution in [0.3, 0.4) is 0 Å². The molecule has 0 aliphatic carbocycles. The molecule has 22 heavy (non-hydrogen) atoms. The molecule has 0 aliphatic rings. The van der Waals surface area contributed by atoms with Gasteiger partial charge in [-0.1, -0.05) is 24.3 Å². The Bertz CT molecular complexity index is 671. The largest absolute Gasteiger partial charge is 0.480 e. The first-order valence-electron chi connectivity index (χ1n) is 6.07. The van der Waals surface area contributed by atoms with Crippen LogP contribution in [0.5, 0.6) is 0 Å². The van der Waals surface area contributed by atoms with Gasteiger partial charge in [-0.05, 0) is 5.56 Å². The lowest BCUT2D eigenvalue weighted by atomic mass is 9.81. The van der Waals surface area contributed by atoms with E-state index in [9.17, 15) is 14.4 Å². The van der Waals surface area contributed by atoms with Crippen LogP contribution in [-0.2, 0) is 20.8 Å². The zero-order valence-electron chi connectivity index (χ0n) is 11.1. The van der Waals surface area contributed by atoms with Gasteiger partial charge in [-0.3, -0.25) is 14.4 Å². The molecule has 0 saturated carbocycles. The van der Waals surface area contributed by atoms with Gasteiger partial charge in [0.25, 0.3) is 5.41 Å². The Kier molecular flexibility index (Phi) is 4.22. The van der Waals surface area contributed by atoms with Crippen LogP contribution in [0.15, 0.2) is 35.8 Å². The van der Waals surface area contributed by atoms with Crippen LogP contribution < -0.4 is 0 Å². The summed E-state index contributed by atoms with van der Waals surface area (Å²) in [6.07, 6.45) is 0.989. The molecule has 0 aliphatic heterocycles. The number of hydrogen-bond acceptors (Lipinski definition) is 5. The third-order valence-electron chi connectivity index (χ3n) is 3.20. The Balaban J connectivity index is 2.33. The molecule has 114 valence electrons. The summed E-state index contributed by atoms with van der Waals surface area (Å²) in [6, 6.07) is 6.29. The van der Waals surface area contributed by atoms with Gasteiger partial charge in [0.2, 0.25) is 0 Å². The fraction of sp³-hybridized carbons (Fsp3) is 0.143. The first-order valence-corrected chi connectivity index (χ1v) is 6.95. The lowest BCUT2D eigenvalue weighted by Gasteiger charge is -2.20. The molecule has 0 fully saturated rings. The molecule has 0 atom stereocenters. The maximum absolute atomic E-state index is 11.2. The smallest absolute Gasteiger partial charge is 0.333 e. The molecule has 0 bridgehead atoms. The number of thiazole rings is 1. The number of nitrogens with zero attached hydrogens (tertiary/aromatic N) is 1. The van der Waals surface area contributed by atoms with Gasteiger partial charge in [0, 0.05) is 23.6 Å². The topological polar surface area (TPSA) is 125 Å². The number of benzene rings is 1. The van der Waals surface area contributed by atoms with Crippen LogP contribution in [0.25, 0.3) is 10.6 Å². The van der Waals surface area contributed by atoms with E-state index in [-0.39, 0.29) is 0 Å². The number of carboxylic acids is 3. The summed E-state index contributed by atoms with van der Waals surface area (Å²) in [6.45, 7) is 0. The molecule has 0 radical (unpaired) electrons. The minimum atomic E-state index is -2.90. The SMILES string of the molecule is O=C(O)C(Cc1ccc(-c2nccs2)cc1)(C(=O)O)C(=O)O. The number of aliphatic carboxylic acids is 3. The Hall–Kier alpha value is -2.74. The molecule has 1 aromatic heterocycles. The number of carboxylic acid groups (broad SMARTS) is 3. The summed E-state index contributed by atoms with van der Waals surface area (Å²) in [5.41, 5.74) is -1.82. The van der Waals surface area contributed by atoms with Crippen LogP contribution >= 0.6 is 11.3 Å². The minimum Gasteiger partial charge on any atom is -0.480 e. The highest BCUT2D eigenvalue weighted by molar-refractivity contribution is 7.13. The average molecular weight is 321 g/mol. The second kappa shape index (κ2) is 5.94. The zero-order valence-corrected chi connectivity index (χ0v) is 11.9. The summed E-state index contributed by atoms with van der Waals surface area (Å²) in [5, 5.41) is 29.7. The summed E-state index contributed by atoms with van der Waals surface area (Å²) in [4.78, 5) is 37.7. The van der Waals surface area contributed by atoms with E-state index in [0.717, 1.165) is 10.6 Å². The Morgan fingerprint density at radius 3 is 1.95 bits per heavy atom. The zero-order chi connectivity index (χ0) is 16.3. The van der Waals surface area contributed by atoms with E-state index in [1.165, 1.54) is 23.5 Å². The first-order chi connectivity index (χ1) is 10.4. The quantitative estimate of drug-likeness (QED) is 0.690. The number of rotatable bonds is 6. The van der Waals surface area contributed by atoms with E-state index in [4.69, 9.17) is 15.3 Å². The molecule has 3 N–H and O–H groups in total. The van der Waals surface area contributed by atoms with Gasteiger partial charge in [0.1, 0.15) is 5.01 Å². The van der Waals surface area contributed by atoms with Crippen molar-refractivity contribution >= 4 is 29.2 Å². The van der Waals surface area contributed by atoms with Crippen LogP contribution in [0.2, 0.25) is 0 Å². The normalized spacial score (nSPS) is 11.1. The fourth-order valence-corrected chi connectivity index (χ4v) is 2.58. The highest BCUT2D eigenvalue weighted by atomic mass is 32.1. The summed E-state index contributed by atoms with van der Waals surface area (Å²) in [7, 11) is 0. The molecule has 0 unspecified atom stereocenters. The van der Waals surface area contributed by atoms with Gasteiger partial charge in [-0.25, -0.2) is 4.98 Å². The second-order valence-corrected chi connectivity index (χ2v) is 5.43. The van der Waals surface area contributed by atoms with Crippen molar-refractivity contribution in [1.29, 1.82) is 0 Å². The van der Waals surface area contributed by atoms with Gasteiger partial charge < -0.3 is 15.3 Å². The molecule has 0 saturated heterocycles. The van der Waals surface area contributed by atoms with Crippen molar-refractivity contribution < 1.29 is 29.7 Å². The number of carbonyl (C=O) groups is 3. The predicted octanol–water partition coefficient (Wildman–Crippen LogP) is 1.59. The van der Waals surface area contributed by atoms with Crippen molar-refractivity contribution in [3.8, 4) is 10.6 Å². The van der Waals surface area contributed by atoms with Crippen LogP contribution in [-0.4, -0.2) is 38.2 Å². The molecule has 0 amide bonds. The van der Waals surface area contributed by atoms with E-state index in [0.29, 0.717) is 5.56 Å². The van der Waals surface area contributed by atoms with Crippen molar-refractivity contribution in [2.24, 2.45) is 5.41 Å². The van der Waals surface area contributed by atoms with Crippen LogP contribution in [0.1, 0.15) is 5.56 Å². The Morgan fingerprint density at radius 1 is 1.00 bits per heavy atom. The Labute approximate surface area is 128 Å². The Morgan fingerprint density at radius 2 is 1.55 bits per heavy atom. The van der Waals surface area contributed by atoms with Crippen molar-refractivity contribution in [1.82, 2.24) is 4.98 Å². The van der Waals surface area contributed by atoms with Gasteiger partial charge in [0.15, 0.2) is 0 Å². The molecule has 1 heterocycles. The van der Waals surface area contributed by atoms with Gasteiger partial charge in [-0.2, -0.15) is 0 Å². The standard InChI is InChI=1S/C14H11NO6S/c16-11(17)14(12(18)19,13(20)21)7-8-1-3-9(4-2-8)10-15-5-6-22-10/h1-6H,7H2,(H,16,17)(H,18,19)(H,20,21). The van der Waals surface area contributed by atoms with Gasteiger partial charge in [-0.15, -0.1) is 11.3 Å². The number of hydrogen-bond donors (Lipinski definition) is 3. The summed E-state index contributed by atoms with van der Waals surface area (Å²) < 4.78 is 0. The molecule has 1 aromatic carbocycles. The van der Waals surface area contributed by atoms with Crippen LogP contribution in [0, 0.1) is 5.41 Å². The third kappa shape index (κ3) is 2.68. The summed E-state index contributed by atoms with van der Waals surface area (Å²) >= 11 is 1.42. The third-order valence-corrected chi connectivity index (χ3v) is 4.02. The highest BCUT2D eigenvalue weighted by Gasteiger charge is 2.54. The average Bonchev–Trinajstić information content (AvgIpc) is 2.98. The predicted molar refractivity (Wildman–Crippen MR) is 76.6 cm³/mol. The molecule has 7 nitrogen and oxygen atoms in total. The van der Waals surface area contributed by atoms with E-state index in [1.54, 1.807) is 23.7 Å². The van der Waals surface area contributed by atoms with E-state index >= 15 is 0 Å². The maximum atomic E-state index is 11.2. The van der Waals surface area contributed by atoms with E-state index in [2.05, 4.69) is 4.98 Å². The van der Waals surface area contributed by atoms with E-state index < -0.39 is 29.7 Å². The second-order valence-electron chi connectivity index (χ2n) is 4.53. The van der Waals surface area contributed by atoms with Gasteiger partial charge in [0.05, 0.1) is 0 Å². The lowest BCUT2D eigenvalue weighted by Crippen LogP contribution is -2.48. The number of aromatic nitrogens is 1. The minimum absolute atomic E-state index is 0.299. The first kappa shape index (κ1) is 15.6. The molecule has 8 heteroatoms. The highest BCUT2D eigenvalue weighted by Crippen LogP contribution is 2.27. The van der Waals surface area contributed by atoms with Crippen molar-refractivity contribution in [3.63, 3.8) is 0 Å². The van der Waals surface area contributed by atoms with Gasteiger partial charge >= 0.3 is 17.9 Å². The molecular weight excluding hydrogens is 310 g/mol. The van der Waals surface area contributed by atoms with Crippen molar-refractivity contribution in [2.75, 3.05) is 0 Å². The summed E-state index contributed by atoms with van der Waals surface area (Å²) in [5.74, 6) is -5.72. The molecule has 2 rings (SSSR count). The maximum Gasteiger partial charge on any atom is 0.333 e. The lowest BCUT2D eigenvalue weighted by molar-refractivity contribution is -0.175. The van der Waals surface area contributed by atoms with Crippen molar-refractivity contribution in [2.45, 2.75) is 6.42 Å². The van der Waals surface area contributed by atoms with Crippen molar-refractivity contribution in [3.05, 3.63) is 41.4 Å². The fourth-order valence-electron chi connectivity index (χ4n) is 1.94. The molecule has 2 aromatic rings. The monoisotopic (exact) mass is 321 g/mol. The molecule has 0 spiro atoms.